The molecule has 0 radical (unpaired) electrons. The van der Waals surface area contributed by atoms with Gasteiger partial charge in [-0.2, -0.15) is 9.97 Å². The van der Waals surface area contributed by atoms with Crippen molar-refractivity contribution in [2.75, 3.05) is 0 Å². The minimum absolute atomic E-state index is 0.582. The van der Waals surface area contributed by atoms with Crippen LogP contribution in [0.2, 0.25) is 0 Å². The van der Waals surface area contributed by atoms with Gasteiger partial charge >= 0.3 is 0 Å². The predicted octanol–water partition coefficient (Wildman–Crippen LogP) is 16.4. The topological polar surface area (TPSA) is 43.6 Å². The van der Waals surface area contributed by atoms with E-state index in [0.29, 0.717) is 17.6 Å². The lowest BCUT2D eigenvalue weighted by molar-refractivity contribution is 0.923. The van der Waals surface area contributed by atoms with Crippen molar-refractivity contribution in [3.05, 3.63) is 205 Å². The molecule has 13 rings (SSSR count). The second-order valence-electron chi connectivity index (χ2n) is 16.7. The van der Waals surface area contributed by atoms with Crippen LogP contribution in [0.4, 0.5) is 0 Å². The molecule has 0 amide bonds. The van der Waals surface area contributed by atoms with Gasteiger partial charge in [-0.05, 0) is 91.5 Å². The molecule has 0 aliphatic heterocycles. The Labute approximate surface area is 375 Å². The zero-order valence-electron chi connectivity index (χ0n) is 35.6. The number of hydrogen-bond acceptors (Lipinski definition) is 4. The van der Waals surface area contributed by atoms with Crippen molar-refractivity contribution in [3.8, 4) is 28.7 Å². The molecular weight excluding hydrogens is 797 g/mol. The third-order valence-electron chi connectivity index (χ3n) is 12.4. The molecule has 0 N–H and O–H groups in total. The summed E-state index contributed by atoms with van der Waals surface area (Å²) in [5.74, 6) is 1.84. The van der Waals surface area contributed by atoms with Crippen LogP contribution in [0.25, 0.3) is 115 Å². The first-order chi connectivity index (χ1) is 31.6. The van der Waals surface area contributed by atoms with Gasteiger partial charge in [-0.25, -0.2) is 4.98 Å². The molecule has 1 aliphatic carbocycles. The van der Waals surface area contributed by atoms with E-state index in [1.807, 2.05) is 11.3 Å². The molecule has 0 bridgehead atoms. The molecule has 64 heavy (non-hydrogen) atoms. The van der Waals surface area contributed by atoms with Crippen LogP contribution in [0.1, 0.15) is 43.5 Å². The average Bonchev–Trinajstić information content (AvgIpc) is 3.78. The van der Waals surface area contributed by atoms with Gasteiger partial charge in [0.05, 0.1) is 11.2 Å². The zero-order valence-corrected chi connectivity index (χ0v) is 36.4. The predicted molar refractivity (Wildman–Crippen MR) is 274 cm³/mol. The summed E-state index contributed by atoms with van der Waals surface area (Å²) in [6.45, 7) is 4.25. The van der Waals surface area contributed by atoms with E-state index in [4.69, 9.17) is 15.0 Å². The highest BCUT2D eigenvalue weighted by atomic mass is 32.1. The smallest absolute Gasteiger partial charge is 0.238 e. The third kappa shape index (κ3) is 6.39. The van der Waals surface area contributed by atoms with Crippen molar-refractivity contribution in [1.82, 2.24) is 19.5 Å². The number of nitrogens with zero attached hydrogens (tertiary/aromatic N) is 4. The molecule has 5 heteroatoms. The highest BCUT2D eigenvalue weighted by Crippen LogP contribution is 2.44. The summed E-state index contributed by atoms with van der Waals surface area (Å²) in [6, 6.07) is 63.4. The molecule has 0 spiro atoms. The van der Waals surface area contributed by atoms with Crippen LogP contribution in [-0.4, -0.2) is 19.5 Å². The van der Waals surface area contributed by atoms with Crippen LogP contribution >= 0.6 is 11.3 Å². The molecule has 9 aromatic carbocycles. The highest BCUT2D eigenvalue weighted by molar-refractivity contribution is 7.26. The number of rotatable bonds is 4. The van der Waals surface area contributed by atoms with Crippen LogP contribution in [-0.2, 0) is 0 Å². The molecular formula is C59H42N4S. The van der Waals surface area contributed by atoms with Crippen molar-refractivity contribution >= 4 is 97.2 Å². The summed E-state index contributed by atoms with van der Waals surface area (Å²) in [7, 11) is 0. The molecule has 4 nitrogen and oxygen atoms in total. The minimum atomic E-state index is 0.582. The molecule has 3 aromatic heterocycles. The summed E-state index contributed by atoms with van der Waals surface area (Å²) in [6.07, 6.45) is 9.00. The number of fused-ring (bicyclic) bond motifs is 11. The Morgan fingerprint density at radius 3 is 1.72 bits per heavy atom. The quantitative estimate of drug-likeness (QED) is 0.177. The Hall–Kier alpha value is -7.73. The first-order valence-corrected chi connectivity index (χ1v) is 23.0. The summed E-state index contributed by atoms with van der Waals surface area (Å²) in [5.41, 5.74) is 7.49. The number of aromatic nitrogens is 4. The fourth-order valence-corrected chi connectivity index (χ4v) is 10.6. The van der Waals surface area contributed by atoms with Gasteiger partial charge in [-0.15, -0.1) is 11.3 Å². The van der Waals surface area contributed by atoms with Gasteiger partial charge in [0.15, 0.2) is 11.6 Å². The number of benzene rings is 9. The van der Waals surface area contributed by atoms with Crippen LogP contribution in [0.5, 0.6) is 0 Å². The Balaban J connectivity index is 0.00000141. The largest absolute Gasteiger partial charge is 0.277 e. The van der Waals surface area contributed by atoms with Crippen LogP contribution in [0, 0.1) is 0 Å². The minimum Gasteiger partial charge on any atom is -0.277 e. The van der Waals surface area contributed by atoms with Crippen LogP contribution in [0.15, 0.2) is 188 Å². The fraction of sp³-hybridized carbons (Fsp3) is 0.0678. The van der Waals surface area contributed by atoms with Crippen LogP contribution in [0.3, 0.4) is 0 Å². The van der Waals surface area contributed by atoms with Gasteiger partial charge in [-0.3, -0.25) is 4.57 Å². The first-order valence-electron chi connectivity index (χ1n) is 22.2. The lowest BCUT2D eigenvalue weighted by Crippen LogP contribution is -2.09. The van der Waals surface area contributed by atoms with Gasteiger partial charge in [0.1, 0.15) is 0 Å². The Morgan fingerprint density at radius 2 is 1.05 bits per heavy atom. The fourth-order valence-electron chi connectivity index (χ4n) is 9.46. The van der Waals surface area contributed by atoms with E-state index in [1.54, 1.807) is 0 Å². The highest BCUT2D eigenvalue weighted by Gasteiger charge is 2.26. The SMILES string of the molecule is C1=Cc2c(n(-c3nc(-c4ccc5ccccc5c4)nc(-c4ccc5ccccc5c4)n3)c3cc4ccccc4cc23)C(c2ccc3c(c2)sc2ccc4ccccc4c23)=CC1.CCC. The Kier molecular flexibility index (Phi) is 9.24. The Bertz CT molecular complexity index is 3790. The number of hydrogen-bond donors (Lipinski definition) is 0. The standard InChI is InChI=1S/C56H34N4S.C3H8/c1-3-14-37-29-42(23-21-34(37)11-1)54-57-55(43-24-22-35-12-2-4-15-38(35)30-43)59-56(58-54)60-49-32-40-17-6-5-16-39(40)31-48(49)46-20-10-9-19-45(53(46)60)41-25-27-47-51(33-41)61-50-28-26-36-13-7-8-18-44(36)52(47)50;1-3-2/h1-8,10-33H,9H2;3H2,1-2H3. The number of allylic oxidation sites excluding steroid dienone is 2. The third-order valence-corrected chi connectivity index (χ3v) is 13.5. The van der Waals surface area contributed by atoms with Crippen LogP contribution < -0.4 is 0 Å². The van der Waals surface area contributed by atoms with E-state index >= 15 is 0 Å². The number of thiophene rings is 1. The van der Waals surface area contributed by atoms with Gasteiger partial charge in [0.25, 0.3) is 0 Å². The molecule has 0 atom stereocenters. The molecule has 304 valence electrons. The van der Waals surface area contributed by atoms with Gasteiger partial charge in [-0.1, -0.05) is 178 Å². The van der Waals surface area contributed by atoms with E-state index < -0.39 is 0 Å². The van der Waals surface area contributed by atoms with E-state index in [2.05, 4.69) is 213 Å². The van der Waals surface area contributed by atoms with Crippen molar-refractivity contribution in [2.45, 2.75) is 26.7 Å². The van der Waals surface area contributed by atoms with Crippen molar-refractivity contribution in [1.29, 1.82) is 0 Å². The van der Waals surface area contributed by atoms with E-state index in [9.17, 15) is 0 Å². The van der Waals surface area contributed by atoms with E-state index in [-0.39, 0.29) is 0 Å². The lowest BCUT2D eigenvalue weighted by Gasteiger charge is -2.16. The molecule has 1 aliphatic rings. The normalized spacial score (nSPS) is 12.6. The maximum Gasteiger partial charge on any atom is 0.238 e. The monoisotopic (exact) mass is 838 g/mol. The zero-order chi connectivity index (χ0) is 42.7. The maximum absolute atomic E-state index is 5.44. The van der Waals surface area contributed by atoms with Gasteiger partial charge < -0.3 is 0 Å². The second-order valence-corrected chi connectivity index (χ2v) is 17.7. The molecule has 0 saturated carbocycles. The van der Waals surface area contributed by atoms with E-state index in [1.165, 1.54) is 59.1 Å². The molecule has 3 heterocycles. The maximum atomic E-state index is 5.44. The average molecular weight is 839 g/mol. The summed E-state index contributed by atoms with van der Waals surface area (Å²) in [5, 5.41) is 13.3. The molecule has 12 aromatic rings. The van der Waals surface area contributed by atoms with Crippen molar-refractivity contribution < 1.29 is 0 Å². The summed E-state index contributed by atoms with van der Waals surface area (Å²) in [4.78, 5) is 16.1. The van der Waals surface area contributed by atoms with Crippen molar-refractivity contribution in [3.63, 3.8) is 0 Å². The van der Waals surface area contributed by atoms with Crippen molar-refractivity contribution in [2.24, 2.45) is 0 Å². The second kappa shape index (κ2) is 15.6. The van der Waals surface area contributed by atoms with E-state index in [0.717, 1.165) is 61.4 Å². The van der Waals surface area contributed by atoms with Gasteiger partial charge in [0, 0.05) is 47.8 Å². The molecule has 0 fully saturated rings. The first kappa shape index (κ1) is 38.0. The molecule has 0 saturated heterocycles. The Morgan fingerprint density at radius 1 is 0.484 bits per heavy atom. The lowest BCUT2D eigenvalue weighted by atomic mass is 9.97. The van der Waals surface area contributed by atoms with Gasteiger partial charge in [0.2, 0.25) is 5.95 Å². The summed E-state index contributed by atoms with van der Waals surface area (Å²) < 4.78 is 4.88. The summed E-state index contributed by atoms with van der Waals surface area (Å²) >= 11 is 1.87. The molecule has 0 unspecified atom stereocenters.